The molecule has 4 aromatic carbocycles. The molecule has 0 spiro atoms. The predicted octanol–water partition coefficient (Wildman–Crippen LogP) is 5.99. The van der Waals surface area contributed by atoms with Crippen molar-refractivity contribution in [1.82, 2.24) is 4.83 Å². The van der Waals surface area contributed by atoms with Crippen LogP contribution in [0, 0.1) is 6.92 Å². The van der Waals surface area contributed by atoms with E-state index in [0.717, 1.165) is 10.9 Å². The fourth-order valence-electron chi connectivity index (χ4n) is 3.24. The Bertz CT molecular complexity index is 1520. The molecule has 0 heterocycles. The third-order valence-electron chi connectivity index (χ3n) is 4.98. The Morgan fingerprint density at radius 2 is 1.71 bits per heavy atom. The molecule has 4 aromatic rings. The quantitative estimate of drug-likeness (QED) is 0.149. The molecule has 6 nitrogen and oxygen atoms in total. The molecule has 172 valence electrons. The van der Waals surface area contributed by atoms with Gasteiger partial charge in [-0.1, -0.05) is 71.2 Å². The van der Waals surface area contributed by atoms with Crippen molar-refractivity contribution in [3.05, 3.63) is 106 Å². The molecule has 0 bridgehead atoms. The van der Waals surface area contributed by atoms with Crippen molar-refractivity contribution in [2.75, 3.05) is 0 Å². The van der Waals surface area contributed by atoms with Crippen LogP contribution in [0.15, 0.2) is 88.9 Å². The van der Waals surface area contributed by atoms with Crippen molar-refractivity contribution in [3.63, 3.8) is 0 Å². The fourth-order valence-corrected chi connectivity index (χ4v) is 4.51. The predicted molar refractivity (Wildman–Crippen MR) is 134 cm³/mol. The summed E-state index contributed by atoms with van der Waals surface area (Å²) in [5.74, 6) is -0.500. The molecule has 0 aromatic heterocycles. The fraction of sp³-hybridized carbons (Fsp3) is 0.0400. The van der Waals surface area contributed by atoms with E-state index in [-0.39, 0.29) is 21.2 Å². The van der Waals surface area contributed by atoms with Crippen LogP contribution in [0.2, 0.25) is 10.0 Å². The summed E-state index contributed by atoms with van der Waals surface area (Å²) in [4.78, 5) is 15.1. The zero-order valence-electron chi connectivity index (χ0n) is 17.8. The number of aryl methyl sites for hydroxylation is 1. The van der Waals surface area contributed by atoms with Crippen LogP contribution in [0.3, 0.4) is 0 Å². The average Bonchev–Trinajstić information content (AvgIpc) is 2.80. The van der Waals surface area contributed by atoms with E-state index >= 15 is 0 Å². The number of nitrogens with one attached hydrogen (secondary N) is 1. The summed E-state index contributed by atoms with van der Waals surface area (Å²) in [5, 5.41) is 6.05. The highest BCUT2D eigenvalue weighted by atomic mass is 35.5. The molecule has 0 fully saturated rings. The van der Waals surface area contributed by atoms with Gasteiger partial charge in [-0.25, -0.2) is 9.63 Å². The van der Waals surface area contributed by atoms with E-state index in [1.165, 1.54) is 36.5 Å². The lowest BCUT2D eigenvalue weighted by molar-refractivity contribution is 0.0735. The molecule has 0 unspecified atom stereocenters. The SMILES string of the molecule is Cc1ccc(S(=O)(=O)N/N=C\c2c(OC(=O)c3ccc(Cl)cc3Cl)ccc3ccccc23)cc1. The molecule has 1 N–H and O–H groups in total. The Hall–Kier alpha value is -3.39. The minimum atomic E-state index is -3.87. The highest BCUT2D eigenvalue weighted by molar-refractivity contribution is 7.89. The number of ether oxygens (including phenoxy) is 1. The van der Waals surface area contributed by atoms with Crippen molar-refractivity contribution in [2.24, 2.45) is 5.10 Å². The number of rotatable bonds is 6. The van der Waals surface area contributed by atoms with E-state index in [2.05, 4.69) is 9.93 Å². The second kappa shape index (κ2) is 9.85. The van der Waals surface area contributed by atoms with Crippen molar-refractivity contribution in [2.45, 2.75) is 11.8 Å². The zero-order valence-corrected chi connectivity index (χ0v) is 20.2. The van der Waals surface area contributed by atoms with E-state index < -0.39 is 16.0 Å². The molecular weight excluding hydrogens is 495 g/mol. The first-order valence-electron chi connectivity index (χ1n) is 10.0. The van der Waals surface area contributed by atoms with Gasteiger partial charge in [0.15, 0.2) is 0 Å². The molecule has 4 rings (SSSR count). The number of carbonyl (C=O) groups excluding carboxylic acids is 1. The second-order valence-corrected chi connectivity index (χ2v) is 9.88. The summed E-state index contributed by atoms with van der Waals surface area (Å²) < 4.78 is 30.8. The number of benzene rings is 4. The summed E-state index contributed by atoms with van der Waals surface area (Å²) in [6.07, 6.45) is 1.31. The molecule has 34 heavy (non-hydrogen) atoms. The minimum Gasteiger partial charge on any atom is -0.422 e. The molecule has 0 radical (unpaired) electrons. The number of esters is 1. The molecule has 0 atom stereocenters. The number of nitrogens with zero attached hydrogens (tertiary/aromatic N) is 1. The van der Waals surface area contributed by atoms with Gasteiger partial charge < -0.3 is 4.74 Å². The largest absolute Gasteiger partial charge is 0.422 e. The van der Waals surface area contributed by atoms with Crippen molar-refractivity contribution in [3.8, 4) is 5.75 Å². The van der Waals surface area contributed by atoms with Gasteiger partial charge in [0.1, 0.15) is 5.75 Å². The minimum absolute atomic E-state index is 0.0807. The van der Waals surface area contributed by atoms with Crippen LogP contribution >= 0.6 is 23.2 Å². The number of hydrogen-bond acceptors (Lipinski definition) is 5. The lowest BCUT2D eigenvalue weighted by Crippen LogP contribution is -2.18. The van der Waals surface area contributed by atoms with Crippen LogP contribution in [0.5, 0.6) is 5.75 Å². The van der Waals surface area contributed by atoms with Crippen molar-refractivity contribution >= 4 is 56.2 Å². The third kappa shape index (κ3) is 5.22. The van der Waals surface area contributed by atoms with Crippen LogP contribution in [0.25, 0.3) is 10.8 Å². The molecule has 0 saturated carbocycles. The lowest BCUT2D eigenvalue weighted by Gasteiger charge is -2.11. The third-order valence-corrected chi connectivity index (χ3v) is 6.77. The maximum atomic E-state index is 12.8. The van der Waals surface area contributed by atoms with E-state index in [1.807, 2.05) is 31.2 Å². The molecule has 0 aliphatic carbocycles. The maximum absolute atomic E-state index is 12.8. The number of fused-ring (bicyclic) bond motifs is 1. The van der Waals surface area contributed by atoms with Gasteiger partial charge >= 0.3 is 5.97 Å². The van der Waals surface area contributed by atoms with Crippen LogP contribution < -0.4 is 9.57 Å². The van der Waals surface area contributed by atoms with E-state index in [4.69, 9.17) is 27.9 Å². The number of sulfonamides is 1. The first-order valence-corrected chi connectivity index (χ1v) is 12.3. The van der Waals surface area contributed by atoms with Gasteiger partial charge in [-0.15, -0.1) is 0 Å². The highest BCUT2D eigenvalue weighted by Gasteiger charge is 2.17. The average molecular weight is 513 g/mol. The Labute approximate surface area is 206 Å². The summed E-state index contributed by atoms with van der Waals surface area (Å²) in [5.41, 5.74) is 1.50. The topological polar surface area (TPSA) is 84.8 Å². The van der Waals surface area contributed by atoms with Crippen LogP contribution in [-0.2, 0) is 10.0 Å². The van der Waals surface area contributed by atoms with Gasteiger partial charge in [-0.05, 0) is 54.1 Å². The van der Waals surface area contributed by atoms with E-state index in [1.54, 1.807) is 24.3 Å². The Morgan fingerprint density at radius 1 is 0.971 bits per heavy atom. The maximum Gasteiger partial charge on any atom is 0.345 e. The number of halogens is 2. The Kier molecular flexibility index (Phi) is 6.88. The highest BCUT2D eigenvalue weighted by Crippen LogP contribution is 2.29. The molecule has 0 aliphatic rings. The lowest BCUT2D eigenvalue weighted by atomic mass is 10.0. The number of hydrazone groups is 1. The summed E-state index contributed by atoms with van der Waals surface area (Å²) in [7, 11) is -3.87. The van der Waals surface area contributed by atoms with Crippen LogP contribution in [0.4, 0.5) is 0 Å². The van der Waals surface area contributed by atoms with Crippen molar-refractivity contribution < 1.29 is 17.9 Å². The molecule has 0 amide bonds. The monoisotopic (exact) mass is 512 g/mol. The number of carbonyl (C=O) groups is 1. The van der Waals surface area contributed by atoms with Gasteiger partial charge in [-0.3, -0.25) is 0 Å². The van der Waals surface area contributed by atoms with E-state index in [0.29, 0.717) is 16.0 Å². The normalized spacial score (nSPS) is 11.6. The smallest absolute Gasteiger partial charge is 0.345 e. The van der Waals surface area contributed by atoms with Crippen LogP contribution in [-0.4, -0.2) is 20.6 Å². The first kappa shape index (κ1) is 23.8. The van der Waals surface area contributed by atoms with Crippen LogP contribution in [0.1, 0.15) is 21.5 Å². The molecule has 0 saturated heterocycles. The van der Waals surface area contributed by atoms with Gasteiger partial charge in [0.05, 0.1) is 21.7 Å². The first-order chi connectivity index (χ1) is 16.2. The summed E-state index contributed by atoms with van der Waals surface area (Å²) >= 11 is 12.0. The van der Waals surface area contributed by atoms with Gasteiger partial charge in [0, 0.05) is 10.6 Å². The Morgan fingerprint density at radius 3 is 2.44 bits per heavy atom. The number of hydrogen-bond donors (Lipinski definition) is 1. The van der Waals surface area contributed by atoms with Gasteiger partial charge in [0.2, 0.25) is 0 Å². The summed E-state index contributed by atoms with van der Waals surface area (Å²) in [6, 6.07) is 21.6. The zero-order chi connectivity index (χ0) is 24.3. The van der Waals surface area contributed by atoms with Gasteiger partial charge in [0.25, 0.3) is 10.0 Å². The Balaban J connectivity index is 1.67. The van der Waals surface area contributed by atoms with E-state index in [9.17, 15) is 13.2 Å². The molecule has 9 heteroatoms. The standard InChI is InChI=1S/C25H18Cl2N2O4S/c1-16-6-10-19(11-7-16)34(31,32)29-28-15-22-20-5-3-2-4-17(20)8-13-24(22)33-25(30)21-12-9-18(26)14-23(21)27/h2-15,29H,1H3/b28-15-. The molecule has 0 aliphatic heterocycles. The second-order valence-electron chi connectivity index (χ2n) is 7.38. The summed E-state index contributed by atoms with van der Waals surface area (Å²) in [6.45, 7) is 1.86. The van der Waals surface area contributed by atoms with Gasteiger partial charge in [-0.2, -0.15) is 13.5 Å². The molecular formula is C25H18Cl2N2O4S. The van der Waals surface area contributed by atoms with Crippen molar-refractivity contribution in [1.29, 1.82) is 0 Å².